The normalized spacial score (nSPS) is 11.0. The molecule has 1 aromatic rings. The Hall–Kier alpha value is -2.15. The highest BCUT2D eigenvalue weighted by Crippen LogP contribution is 2.13. The first-order valence-electron chi connectivity index (χ1n) is 9.10. The highest BCUT2D eigenvalue weighted by atomic mass is 32.1. The van der Waals surface area contributed by atoms with E-state index in [1.807, 2.05) is 45.0 Å². The van der Waals surface area contributed by atoms with Gasteiger partial charge >= 0.3 is 0 Å². The van der Waals surface area contributed by atoms with Gasteiger partial charge in [-0.25, -0.2) is 0 Å². The van der Waals surface area contributed by atoms with Crippen LogP contribution in [0.5, 0.6) is 5.75 Å². The van der Waals surface area contributed by atoms with Gasteiger partial charge < -0.3 is 15.0 Å². The lowest BCUT2D eigenvalue weighted by Crippen LogP contribution is -2.34. The molecule has 0 aliphatic carbocycles. The van der Waals surface area contributed by atoms with Gasteiger partial charge in [0.25, 0.3) is 5.91 Å². The summed E-state index contributed by atoms with van der Waals surface area (Å²) in [5.41, 5.74) is 4.62. The smallest absolute Gasteiger partial charge is 0.260 e. The molecule has 0 spiro atoms. The van der Waals surface area contributed by atoms with E-state index in [0.717, 1.165) is 30.7 Å². The molecule has 144 valence electrons. The fourth-order valence-electron chi connectivity index (χ4n) is 2.22. The monoisotopic (exact) mass is 378 g/mol. The molecule has 7 heteroatoms. The number of hydrogen-bond acceptors (Lipinski definition) is 4. The number of likely N-dealkylation sites (N-methyl/N-ethyl adjacent to an activating group) is 1. The van der Waals surface area contributed by atoms with E-state index in [4.69, 9.17) is 17.0 Å². The molecule has 0 bridgehead atoms. The predicted octanol–water partition coefficient (Wildman–Crippen LogP) is 2.92. The van der Waals surface area contributed by atoms with Crippen molar-refractivity contribution in [3.05, 3.63) is 29.8 Å². The van der Waals surface area contributed by atoms with Crippen LogP contribution in [0.3, 0.4) is 0 Å². The minimum atomic E-state index is -0.00916. The molecule has 2 N–H and O–H groups in total. The van der Waals surface area contributed by atoms with Crippen molar-refractivity contribution >= 4 is 28.9 Å². The van der Waals surface area contributed by atoms with Crippen LogP contribution >= 0.6 is 12.2 Å². The van der Waals surface area contributed by atoms with Crippen LogP contribution in [0.4, 0.5) is 0 Å². The molecule has 0 aromatic heterocycles. The van der Waals surface area contributed by atoms with E-state index in [-0.39, 0.29) is 12.5 Å². The third-order valence-corrected chi connectivity index (χ3v) is 4.13. The van der Waals surface area contributed by atoms with Crippen LogP contribution < -0.4 is 15.5 Å². The van der Waals surface area contributed by atoms with Gasteiger partial charge in [0.1, 0.15) is 5.75 Å². The maximum absolute atomic E-state index is 12.0. The van der Waals surface area contributed by atoms with E-state index in [1.54, 1.807) is 4.90 Å². The lowest BCUT2D eigenvalue weighted by atomic mass is 10.1. The van der Waals surface area contributed by atoms with Crippen molar-refractivity contribution in [1.29, 1.82) is 0 Å². The number of hydrogen-bond donors (Lipinski definition) is 2. The molecule has 0 saturated carbocycles. The van der Waals surface area contributed by atoms with Crippen molar-refractivity contribution in [3.8, 4) is 5.75 Å². The molecule has 1 aromatic carbocycles. The molecule has 0 unspecified atom stereocenters. The standard InChI is InChI=1S/C19H30N4O2S/c1-5-8-13-20-19(26)22-21-15(4)16-9-11-17(12-10-16)25-14-18(24)23(6-2)7-3/h9-12H,5-8,13-14H2,1-4H3,(H2,20,22,26)/b21-15-. The summed E-state index contributed by atoms with van der Waals surface area (Å²) in [6.07, 6.45) is 2.19. The van der Waals surface area contributed by atoms with Gasteiger partial charge in [-0.2, -0.15) is 5.10 Å². The average molecular weight is 379 g/mol. The Morgan fingerprint density at radius 2 is 1.85 bits per heavy atom. The molecule has 26 heavy (non-hydrogen) atoms. The van der Waals surface area contributed by atoms with E-state index in [0.29, 0.717) is 24.0 Å². The zero-order chi connectivity index (χ0) is 19.4. The van der Waals surface area contributed by atoms with Crippen molar-refractivity contribution in [2.24, 2.45) is 5.10 Å². The van der Waals surface area contributed by atoms with Crippen molar-refractivity contribution in [3.63, 3.8) is 0 Å². The fraction of sp³-hybridized carbons (Fsp3) is 0.526. The maximum atomic E-state index is 12.0. The molecule has 0 fully saturated rings. The van der Waals surface area contributed by atoms with E-state index >= 15 is 0 Å². The van der Waals surface area contributed by atoms with Crippen molar-refractivity contribution in [1.82, 2.24) is 15.6 Å². The lowest BCUT2D eigenvalue weighted by molar-refractivity contribution is -0.132. The van der Waals surface area contributed by atoms with Crippen LogP contribution in [-0.4, -0.2) is 47.9 Å². The Bertz CT molecular complexity index is 598. The number of nitrogens with one attached hydrogen (secondary N) is 2. The van der Waals surface area contributed by atoms with Gasteiger partial charge in [-0.3, -0.25) is 10.2 Å². The van der Waals surface area contributed by atoms with E-state index in [1.165, 1.54) is 0 Å². The lowest BCUT2D eigenvalue weighted by Gasteiger charge is -2.18. The SMILES string of the molecule is CCCCNC(=S)N/N=C(/C)c1ccc(OCC(=O)N(CC)CC)cc1. The van der Waals surface area contributed by atoms with Crippen LogP contribution in [0.2, 0.25) is 0 Å². The third kappa shape index (κ3) is 7.82. The number of hydrazone groups is 1. The number of benzene rings is 1. The number of thiocarbonyl (C=S) groups is 1. The molecule has 0 saturated heterocycles. The molecule has 0 aliphatic heterocycles. The second-order valence-corrected chi connectivity index (χ2v) is 6.21. The summed E-state index contributed by atoms with van der Waals surface area (Å²) in [5, 5.41) is 7.91. The molecule has 0 heterocycles. The number of amides is 1. The third-order valence-electron chi connectivity index (χ3n) is 3.89. The number of nitrogens with zero attached hydrogens (tertiary/aromatic N) is 2. The van der Waals surface area contributed by atoms with Gasteiger partial charge in [0.05, 0.1) is 5.71 Å². The molecular formula is C19H30N4O2S. The summed E-state index contributed by atoms with van der Waals surface area (Å²) in [7, 11) is 0. The summed E-state index contributed by atoms with van der Waals surface area (Å²) in [6.45, 7) is 10.2. The predicted molar refractivity (Wildman–Crippen MR) is 111 cm³/mol. The average Bonchev–Trinajstić information content (AvgIpc) is 2.66. The second-order valence-electron chi connectivity index (χ2n) is 5.80. The molecule has 1 amide bonds. The molecule has 6 nitrogen and oxygen atoms in total. The fourth-order valence-corrected chi connectivity index (χ4v) is 2.37. The highest BCUT2D eigenvalue weighted by Gasteiger charge is 2.10. The van der Waals surface area contributed by atoms with Crippen LogP contribution in [0, 0.1) is 0 Å². The van der Waals surface area contributed by atoms with Crippen LogP contribution in [-0.2, 0) is 4.79 Å². The topological polar surface area (TPSA) is 66.0 Å². The van der Waals surface area contributed by atoms with Crippen molar-refractivity contribution in [2.45, 2.75) is 40.5 Å². The van der Waals surface area contributed by atoms with Gasteiger partial charge in [0, 0.05) is 19.6 Å². The van der Waals surface area contributed by atoms with E-state index < -0.39 is 0 Å². The van der Waals surface area contributed by atoms with Crippen molar-refractivity contribution < 1.29 is 9.53 Å². The first kappa shape index (κ1) is 21.9. The Morgan fingerprint density at radius 3 is 2.42 bits per heavy atom. The van der Waals surface area contributed by atoms with Crippen molar-refractivity contribution in [2.75, 3.05) is 26.2 Å². The van der Waals surface area contributed by atoms with Gasteiger partial charge in [-0.1, -0.05) is 13.3 Å². The molecular weight excluding hydrogens is 348 g/mol. The Morgan fingerprint density at radius 1 is 1.19 bits per heavy atom. The van der Waals surface area contributed by atoms with Crippen LogP contribution in [0.1, 0.15) is 46.1 Å². The van der Waals surface area contributed by atoms with Crippen LogP contribution in [0.25, 0.3) is 0 Å². The maximum Gasteiger partial charge on any atom is 0.260 e. The number of unbranched alkanes of at least 4 members (excludes halogenated alkanes) is 1. The van der Waals surface area contributed by atoms with Gasteiger partial charge in [0.2, 0.25) is 0 Å². The summed E-state index contributed by atoms with van der Waals surface area (Å²) in [4.78, 5) is 13.7. The molecule has 0 atom stereocenters. The Labute approximate surface area is 162 Å². The summed E-state index contributed by atoms with van der Waals surface area (Å²) < 4.78 is 5.56. The van der Waals surface area contributed by atoms with E-state index in [9.17, 15) is 4.79 Å². The summed E-state index contributed by atoms with van der Waals surface area (Å²) >= 11 is 5.17. The number of carbonyl (C=O) groups excluding carboxylic acids is 1. The first-order valence-corrected chi connectivity index (χ1v) is 9.51. The molecule has 0 aliphatic rings. The highest BCUT2D eigenvalue weighted by molar-refractivity contribution is 7.80. The Balaban J connectivity index is 2.51. The molecule has 1 rings (SSSR count). The minimum absolute atomic E-state index is 0.00916. The Kier molecular flexibility index (Phi) is 10.3. The quantitative estimate of drug-likeness (QED) is 0.284. The zero-order valence-electron chi connectivity index (χ0n) is 16.2. The van der Waals surface area contributed by atoms with Gasteiger partial charge in [-0.05, 0) is 69.2 Å². The van der Waals surface area contributed by atoms with Crippen LogP contribution in [0.15, 0.2) is 29.4 Å². The molecule has 0 radical (unpaired) electrons. The summed E-state index contributed by atoms with van der Waals surface area (Å²) in [5.74, 6) is 0.650. The van der Waals surface area contributed by atoms with E-state index in [2.05, 4.69) is 22.8 Å². The largest absolute Gasteiger partial charge is 0.484 e. The first-order chi connectivity index (χ1) is 12.5. The number of ether oxygens (including phenoxy) is 1. The number of carbonyl (C=O) groups is 1. The number of rotatable bonds is 10. The minimum Gasteiger partial charge on any atom is -0.484 e. The summed E-state index contributed by atoms with van der Waals surface area (Å²) in [6, 6.07) is 7.49. The second kappa shape index (κ2) is 12.2. The van der Waals surface area contributed by atoms with Gasteiger partial charge in [-0.15, -0.1) is 0 Å². The van der Waals surface area contributed by atoms with Gasteiger partial charge in [0.15, 0.2) is 11.7 Å². The zero-order valence-corrected chi connectivity index (χ0v) is 17.0.